The number of halogens is 7. The van der Waals surface area contributed by atoms with Crippen molar-refractivity contribution in [3.63, 3.8) is 0 Å². The number of amides is 1. The SMILES string of the molecule is CCOC(=O)ON1c2cc(Cl)ccc2[C@@H](N(Cc2cc(C(F)(F)F)cc(C(F)(F)F)c2)C(=O)OC)C[C@H]1C. The van der Waals surface area contributed by atoms with Crippen molar-refractivity contribution in [2.75, 3.05) is 18.8 Å². The van der Waals surface area contributed by atoms with Crippen LogP contribution in [0.4, 0.5) is 41.6 Å². The van der Waals surface area contributed by atoms with Crippen molar-refractivity contribution in [3.05, 3.63) is 63.7 Å². The van der Waals surface area contributed by atoms with E-state index in [0.717, 1.165) is 12.0 Å². The molecule has 2 atom stereocenters. The third kappa shape index (κ3) is 6.55. The van der Waals surface area contributed by atoms with Crippen LogP contribution in [0.25, 0.3) is 0 Å². The fraction of sp³-hybridized carbons (Fsp3) is 0.417. The number of carbonyl (C=O) groups is 2. The minimum absolute atomic E-state index is 0.0105. The number of fused-ring (bicyclic) bond motifs is 1. The zero-order valence-corrected chi connectivity index (χ0v) is 21.1. The maximum absolute atomic E-state index is 13.4. The lowest BCUT2D eigenvalue weighted by Crippen LogP contribution is -2.45. The summed E-state index contributed by atoms with van der Waals surface area (Å²) in [5, 5.41) is 1.46. The predicted molar refractivity (Wildman–Crippen MR) is 123 cm³/mol. The van der Waals surface area contributed by atoms with Crippen LogP contribution in [0.2, 0.25) is 5.02 Å². The zero-order valence-electron chi connectivity index (χ0n) is 20.3. The van der Waals surface area contributed by atoms with Gasteiger partial charge in [-0.1, -0.05) is 17.7 Å². The van der Waals surface area contributed by atoms with Crippen LogP contribution in [0.15, 0.2) is 36.4 Å². The topological polar surface area (TPSA) is 68.3 Å². The average Bonchev–Trinajstić information content (AvgIpc) is 2.82. The van der Waals surface area contributed by atoms with Crippen LogP contribution in [0.5, 0.6) is 0 Å². The van der Waals surface area contributed by atoms with E-state index in [1.165, 1.54) is 23.3 Å². The maximum Gasteiger partial charge on any atom is 0.533 e. The Bertz CT molecular complexity index is 1160. The molecule has 0 spiro atoms. The Morgan fingerprint density at radius 1 is 1.05 bits per heavy atom. The number of rotatable bonds is 5. The van der Waals surface area contributed by atoms with Gasteiger partial charge in [0, 0.05) is 17.1 Å². The van der Waals surface area contributed by atoms with Gasteiger partial charge in [0.2, 0.25) is 0 Å². The molecule has 7 nitrogen and oxygen atoms in total. The van der Waals surface area contributed by atoms with Crippen molar-refractivity contribution < 1.29 is 50.2 Å². The summed E-state index contributed by atoms with van der Waals surface area (Å²) in [4.78, 5) is 31.1. The minimum atomic E-state index is -5.06. The van der Waals surface area contributed by atoms with Gasteiger partial charge in [0.1, 0.15) is 0 Å². The summed E-state index contributed by atoms with van der Waals surface area (Å²) in [6.45, 7) is 2.61. The van der Waals surface area contributed by atoms with Crippen LogP contribution in [0.1, 0.15) is 48.6 Å². The molecule has 208 valence electrons. The summed E-state index contributed by atoms with van der Waals surface area (Å²) in [6.07, 6.45) is -12.0. The van der Waals surface area contributed by atoms with Gasteiger partial charge in [-0.3, -0.25) is 4.90 Å². The number of methoxy groups -OCH3 is 1. The highest BCUT2D eigenvalue weighted by molar-refractivity contribution is 6.30. The standard InChI is InChI=1S/C24H23ClF6N2O5/c1-4-37-22(35)38-33-13(2)7-19(18-6-5-17(25)11-20(18)33)32(21(34)36-3)12-14-8-15(23(26,27)28)10-16(9-14)24(29,30)31/h5-6,8-11,13,19H,4,7,12H2,1-3H3/t13-,19+/m1/s1. The lowest BCUT2D eigenvalue weighted by Gasteiger charge is -2.42. The van der Waals surface area contributed by atoms with Crippen molar-refractivity contribution >= 4 is 29.5 Å². The maximum atomic E-state index is 13.4. The van der Waals surface area contributed by atoms with E-state index in [2.05, 4.69) is 0 Å². The Hall–Kier alpha value is -3.35. The van der Waals surface area contributed by atoms with Gasteiger partial charge in [0.15, 0.2) is 0 Å². The highest BCUT2D eigenvalue weighted by Crippen LogP contribution is 2.43. The number of alkyl halides is 6. The Morgan fingerprint density at radius 3 is 2.18 bits per heavy atom. The smallest absolute Gasteiger partial charge is 0.453 e. The minimum Gasteiger partial charge on any atom is -0.453 e. The average molecular weight is 569 g/mol. The molecular formula is C24H23ClF6N2O5. The molecule has 0 saturated carbocycles. The predicted octanol–water partition coefficient (Wildman–Crippen LogP) is 7.37. The fourth-order valence-corrected chi connectivity index (χ4v) is 4.32. The first-order valence-corrected chi connectivity index (χ1v) is 11.6. The third-order valence-electron chi connectivity index (χ3n) is 5.77. The van der Waals surface area contributed by atoms with E-state index in [4.69, 9.17) is 25.9 Å². The van der Waals surface area contributed by atoms with E-state index in [9.17, 15) is 35.9 Å². The van der Waals surface area contributed by atoms with Crippen molar-refractivity contribution in [2.45, 2.75) is 51.2 Å². The lowest BCUT2D eigenvalue weighted by molar-refractivity contribution is -0.143. The van der Waals surface area contributed by atoms with E-state index >= 15 is 0 Å². The molecule has 1 aliphatic rings. The molecule has 0 unspecified atom stereocenters. The lowest BCUT2D eigenvalue weighted by atomic mass is 9.91. The van der Waals surface area contributed by atoms with E-state index in [0.29, 0.717) is 17.7 Å². The summed E-state index contributed by atoms with van der Waals surface area (Å²) in [6, 6.07) is 4.04. The first kappa shape index (κ1) is 29.2. The Labute approximate surface area is 218 Å². The van der Waals surface area contributed by atoms with Gasteiger partial charge >= 0.3 is 24.6 Å². The molecule has 2 aromatic carbocycles. The number of ether oxygens (including phenoxy) is 2. The second kappa shape index (κ2) is 11.2. The number of hydrogen-bond acceptors (Lipinski definition) is 6. The molecule has 0 N–H and O–H groups in total. The summed E-state index contributed by atoms with van der Waals surface area (Å²) in [5.74, 6) is 0. The fourth-order valence-electron chi connectivity index (χ4n) is 4.16. The number of hydrogen-bond donors (Lipinski definition) is 0. The number of carbonyl (C=O) groups excluding carboxylic acids is 2. The van der Waals surface area contributed by atoms with Crippen LogP contribution < -0.4 is 5.06 Å². The summed E-state index contributed by atoms with van der Waals surface area (Å²) in [5.41, 5.74) is -2.81. The Balaban J connectivity index is 2.08. The molecule has 38 heavy (non-hydrogen) atoms. The van der Waals surface area contributed by atoms with Gasteiger partial charge in [-0.2, -0.15) is 26.3 Å². The molecule has 0 saturated heterocycles. The van der Waals surface area contributed by atoms with Crippen molar-refractivity contribution in [3.8, 4) is 0 Å². The van der Waals surface area contributed by atoms with Gasteiger partial charge in [0.05, 0.1) is 42.6 Å². The first-order valence-electron chi connectivity index (χ1n) is 11.2. The number of nitrogens with zero attached hydrogens (tertiary/aromatic N) is 2. The van der Waals surface area contributed by atoms with Crippen LogP contribution in [-0.2, 0) is 33.2 Å². The Kier molecular flexibility index (Phi) is 8.59. The molecule has 0 radical (unpaired) electrons. The van der Waals surface area contributed by atoms with Gasteiger partial charge < -0.3 is 14.3 Å². The van der Waals surface area contributed by atoms with Gasteiger partial charge in [-0.05, 0) is 56.2 Å². The monoisotopic (exact) mass is 568 g/mol. The Morgan fingerprint density at radius 2 is 1.66 bits per heavy atom. The van der Waals surface area contributed by atoms with Crippen molar-refractivity contribution in [1.29, 1.82) is 0 Å². The van der Waals surface area contributed by atoms with Gasteiger partial charge in [-0.25, -0.2) is 14.7 Å². The second-order valence-corrected chi connectivity index (χ2v) is 8.85. The van der Waals surface area contributed by atoms with Crippen LogP contribution in [-0.4, -0.2) is 36.9 Å². The molecule has 0 aliphatic carbocycles. The normalized spacial score (nSPS) is 17.5. The molecule has 1 amide bonds. The number of benzene rings is 2. The highest BCUT2D eigenvalue weighted by atomic mass is 35.5. The van der Waals surface area contributed by atoms with Crippen LogP contribution in [0, 0.1) is 0 Å². The third-order valence-corrected chi connectivity index (χ3v) is 6.01. The van der Waals surface area contributed by atoms with E-state index in [1.807, 2.05) is 0 Å². The van der Waals surface area contributed by atoms with Crippen molar-refractivity contribution in [2.24, 2.45) is 0 Å². The van der Waals surface area contributed by atoms with E-state index < -0.39 is 59.9 Å². The molecular weight excluding hydrogens is 546 g/mol. The second-order valence-electron chi connectivity index (χ2n) is 8.42. The zero-order chi connectivity index (χ0) is 28.4. The molecule has 0 bridgehead atoms. The van der Waals surface area contributed by atoms with Crippen LogP contribution >= 0.6 is 11.6 Å². The molecule has 1 heterocycles. The number of hydroxylamine groups is 1. The van der Waals surface area contributed by atoms with Crippen molar-refractivity contribution in [1.82, 2.24) is 4.90 Å². The van der Waals surface area contributed by atoms with E-state index in [1.54, 1.807) is 13.8 Å². The molecule has 14 heteroatoms. The molecule has 3 rings (SSSR count). The molecule has 2 aromatic rings. The quantitative estimate of drug-likeness (QED) is 0.277. The number of anilines is 1. The first-order chi connectivity index (χ1) is 17.6. The molecule has 0 aromatic heterocycles. The summed E-state index contributed by atoms with van der Waals surface area (Å²) < 4.78 is 90.0. The van der Waals surface area contributed by atoms with Crippen LogP contribution in [0.3, 0.4) is 0 Å². The van der Waals surface area contributed by atoms with E-state index in [-0.39, 0.29) is 29.8 Å². The summed E-state index contributed by atoms with van der Waals surface area (Å²) >= 11 is 6.14. The highest BCUT2D eigenvalue weighted by Gasteiger charge is 2.40. The molecule has 0 fully saturated rings. The summed E-state index contributed by atoms with van der Waals surface area (Å²) in [7, 11) is 1.04. The molecule has 1 aliphatic heterocycles. The largest absolute Gasteiger partial charge is 0.533 e. The van der Waals surface area contributed by atoms with Gasteiger partial charge in [-0.15, -0.1) is 0 Å². The van der Waals surface area contributed by atoms with Gasteiger partial charge in [0.25, 0.3) is 0 Å².